The van der Waals surface area contributed by atoms with Gasteiger partial charge in [0.05, 0.1) is 12.3 Å². The Hall–Kier alpha value is -1.11. The third-order valence-electron chi connectivity index (χ3n) is 2.47. The largest absolute Gasteiger partial charge is 0.395 e. The molecule has 6 heteroatoms. The molecule has 0 aliphatic carbocycles. The van der Waals surface area contributed by atoms with Crippen LogP contribution in [0.2, 0.25) is 0 Å². The molecule has 0 unspecified atom stereocenters. The molecule has 0 aliphatic rings. The summed E-state index contributed by atoms with van der Waals surface area (Å²) < 4.78 is 25.4. The van der Waals surface area contributed by atoms with Gasteiger partial charge in [-0.2, -0.15) is 0 Å². The van der Waals surface area contributed by atoms with Gasteiger partial charge in [-0.05, 0) is 12.1 Å². The first-order chi connectivity index (χ1) is 7.91. The zero-order valence-corrected chi connectivity index (χ0v) is 11.1. The Morgan fingerprint density at radius 1 is 1.18 bits per heavy atom. The van der Waals surface area contributed by atoms with Gasteiger partial charge < -0.3 is 10.0 Å². The third kappa shape index (κ3) is 2.96. The summed E-state index contributed by atoms with van der Waals surface area (Å²) in [5, 5.41) is 8.90. The van der Waals surface area contributed by atoms with Crippen LogP contribution in [0.5, 0.6) is 0 Å². The number of para-hydroxylation sites is 1. The van der Waals surface area contributed by atoms with Crippen LogP contribution in [0.3, 0.4) is 0 Å². The Balaban J connectivity index is 3.26. The Labute approximate surface area is 102 Å². The molecule has 0 saturated carbocycles. The van der Waals surface area contributed by atoms with Gasteiger partial charge in [-0.3, -0.25) is 0 Å². The SMILES string of the molecule is CN(CCO)c1ccccc1S(=O)(=O)N(C)C. The van der Waals surface area contributed by atoms with Crippen LogP contribution in [-0.2, 0) is 10.0 Å². The van der Waals surface area contributed by atoms with E-state index < -0.39 is 10.0 Å². The number of hydrogen-bond donors (Lipinski definition) is 1. The highest BCUT2D eigenvalue weighted by Gasteiger charge is 2.22. The second-order valence-electron chi connectivity index (χ2n) is 3.90. The first-order valence-corrected chi connectivity index (χ1v) is 6.69. The van der Waals surface area contributed by atoms with Crippen LogP contribution < -0.4 is 4.90 Å². The van der Waals surface area contributed by atoms with Crippen molar-refractivity contribution >= 4 is 15.7 Å². The smallest absolute Gasteiger partial charge is 0.244 e. The molecule has 0 aliphatic heterocycles. The van der Waals surface area contributed by atoms with Gasteiger partial charge in [-0.1, -0.05) is 12.1 Å². The van der Waals surface area contributed by atoms with E-state index >= 15 is 0 Å². The van der Waals surface area contributed by atoms with Crippen LogP contribution >= 0.6 is 0 Å². The molecule has 1 rings (SSSR count). The number of aliphatic hydroxyl groups excluding tert-OH is 1. The molecule has 0 aromatic heterocycles. The molecule has 0 bridgehead atoms. The van der Waals surface area contributed by atoms with Gasteiger partial charge in [0.2, 0.25) is 10.0 Å². The van der Waals surface area contributed by atoms with Gasteiger partial charge in [0.15, 0.2) is 0 Å². The highest BCUT2D eigenvalue weighted by molar-refractivity contribution is 7.89. The van der Waals surface area contributed by atoms with E-state index in [-0.39, 0.29) is 11.5 Å². The number of likely N-dealkylation sites (N-methyl/N-ethyl adjacent to an activating group) is 1. The Kier molecular flexibility index (Phi) is 4.50. The van der Waals surface area contributed by atoms with Crippen molar-refractivity contribution in [1.82, 2.24) is 4.31 Å². The van der Waals surface area contributed by atoms with Crippen LogP contribution in [0.25, 0.3) is 0 Å². The number of anilines is 1. The van der Waals surface area contributed by atoms with Gasteiger partial charge >= 0.3 is 0 Å². The van der Waals surface area contributed by atoms with E-state index in [9.17, 15) is 8.42 Å². The van der Waals surface area contributed by atoms with Crippen molar-refractivity contribution in [1.29, 1.82) is 0 Å². The minimum absolute atomic E-state index is 0.0210. The number of hydrogen-bond acceptors (Lipinski definition) is 4. The van der Waals surface area contributed by atoms with Crippen LogP contribution in [-0.4, -0.2) is 52.1 Å². The summed E-state index contributed by atoms with van der Waals surface area (Å²) in [4.78, 5) is 1.97. The first-order valence-electron chi connectivity index (χ1n) is 5.25. The van der Waals surface area contributed by atoms with Crippen LogP contribution in [0, 0.1) is 0 Å². The molecule has 0 radical (unpaired) electrons. The van der Waals surface area contributed by atoms with Crippen molar-refractivity contribution in [2.45, 2.75) is 4.90 Å². The van der Waals surface area contributed by atoms with Crippen molar-refractivity contribution in [2.75, 3.05) is 39.2 Å². The Morgan fingerprint density at radius 2 is 1.76 bits per heavy atom. The van der Waals surface area contributed by atoms with Gasteiger partial charge in [0.1, 0.15) is 4.90 Å². The molecule has 1 aromatic rings. The predicted molar refractivity (Wildman–Crippen MR) is 67.7 cm³/mol. The lowest BCUT2D eigenvalue weighted by Gasteiger charge is -2.22. The first kappa shape index (κ1) is 14.0. The van der Waals surface area contributed by atoms with Crippen molar-refractivity contribution in [2.24, 2.45) is 0 Å². The van der Waals surface area contributed by atoms with E-state index in [0.717, 1.165) is 0 Å². The quantitative estimate of drug-likeness (QED) is 0.828. The maximum Gasteiger partial charge on any atom is 0.244 e. The number of nitrogens with zero attached hydrogens (tertiary/aromatic N) is 2. The van der Waals surface area contributed by atoms with Crippen LogP contribution in [0.1, 0.15) is 0 Å². The summed E-state index contributed by atoms with van der Waals surface area (Å²) in [6.45, 7) is 0.368. The maximum atomic E-state index is 12.1. The Bertz CT molecular complexity index is 471. The zero-order chi connectivity index (χ0) is 13.1. The molecule has 1 N–H and O–H groups in total. The number of sulfonamides is 1. The number of aliphatic hydroxyl groups is 1. The van der Waals surface area contributed by atoms with Gasteiger partial charge in [0.25, 0.3) is 0 Å². The summed E-state index contributed by atoms with van der Waals surface area (Å²) in [6.07, 6.45) is 0. The monoisotopic (exact) mass is 258 g/mol. The molecule has 0 atom stereocenters. The van der Waals surface area contributed by atoms with E-state index in [1.54, 1.807) is 36.2 Å². The number of rotatable bonds is 5. The summed E-state index contributed by atoms with van der Waals surface area (Å²) in [7, 11) is 1.29. The molecule has 5 nitrogen and oxygen atoms in total. The lowest BCUT2D eigenvalue weighted by molar-refractivity contribution is 0.304. The minimum Gasteiger partial charge on any atom is -0.395 e. The van der Waals surface area contributed by atoms with E-state index in [1.165, 1.54) is 18.4 Å². The lowest BCUT2D eigenvalue weighted by atomic mass is 10.3. The molecule has 1 aromatic carbocycles. The maximum absolute atomic E-state index is 12.1. The standard InChI is InChI=1S/C11H18N2O3S/c1-12(2)17(15,16)11-7-5-4-6-10(11)13(3)8-9-14/h4-7,14H,8-9H2,1-3H3. The second kappa shape index (κ2) is 5.48. The second-order valence-corrected chi connectivity index (χ2v) is 6.02. The normalized spacial score (nSPS) is 11.8. The minimum atomic E-state index is -3.46. The van der Waals surface area contributed by atoms with Crippen LogP contribution in [0.4, 0.5) is 5.69 Å². The topological polar surface area (TPSA) is 60.9 Å². The van der Waals surface area contributed by atoms with Crippen molar-refractivity contribution < 1.29 is 13.5 Å². The average molecular weight is 258 g/mol. The highest BCUT2D eigenvalue weighted by Crippen LogP contribution is 2.25. The zero-order valence-electron chi connectivity index (χ0n) is 10.3. The third-order valence-corrected chi connectivity index (χ3v) is 4.33. The molecule has 0 heterocycles. The van der Waals surface area contributed by atoms with Crippen LogP contribution in [0.15, 0.2) is 29.2 Å². The molecular formula is C11H18N2O3S. The predicted octanol–water partition coefficient (Wildman–Crippen LogP) is 0.365. The van der Waals surface area contributed by atoms with Gasteiger partial charge in [0, 0.05) is 27.7 Å². The molecule has 0 saturated heterocycles. The summed E-state index contributed by atoms with van der Waals surface area (Å²) >= 11 is 0. The molecule has 0 spiro atoms. The van der Waals surface area contributed by atoms with E-state index in [4.69, 9.17) is 5.11 Å². The summed E-state index contributed by atoms with van der Waals surface area (Å²) in [5.41, 5.74) is 0.593. The summed E-state index contributed by atoms with van der Waals surface area (Å²) in [5.74, 6) is 0. The molecule has 17 heavy (non-hydrogen) atoms. The van der Waals surface area contributed by atoms with Gasteiger partial charge in [-0.25, -0.2) is 12.7 Å². The van der Waals surface area contributed by atoms with E-state index in [2.05, 4.69) is 0 Å². The van der Waals surface area contributed by atoms with E-state index in [1.807, 2.05) is 0 Å². The fourth-order valence-electron chi connectivity index (χ4n) is 1.46. The Morgan fingerprint density at radius 3 is 2.29 bits per heavy atom. The fraction of sp³-hybridized carbons (Fsp3) is 0.455. The molecule has 0 amide bonds. The summed E-state index contributed by atoms with van der Waals surface area (Å²) in [6, 6.07) is 6.76. The lowest BCUT2D eigenvalue weighted by Crippen LogP contribution is -2.27. The molecule has 96 valence electrons. The fourth-order valence-corrected chi connectivity index (χ4v) is 2.59. The van der Waals surface area contributed by atoms with Crippen molar-refractivity contribution in [3.8, 4) is 0 Å². The number of benzene rings is 1. The van der Waals surface area contributed by atoms with E-state index in [0.29, 0.717) is 12.2 Å². The highest BCUT2D eigenvalue weighted by atomic mass is 32.2. The van der Waals surface area contributed by atoms with Crippen molar-refractivity contribution in [3.05, 3.63) is 24.3 Å². The molecular weight excluding hydrogens is 240 g/mol. The average Bonchev–Trinajstić information content (AvgIpc) is 2.29. The molecule has 0 fully saturated rings. The van der Waals surface area contributed by atoms with Crippen molar-refractivity contribution in [3.63, 3.8) is 0 Å². The van der Waals surface area contributed by atoms with Gasteiger partial charge in [-0.15, -0.1) is 0 Å².